The predicted octanol–water partition coefficient (Wildman–Crippen LogP) is 2.79. The molecule has 0 aromatic carbocycles. The Kier molecular flexibility index (Phi) is 3.76. The van der Waals surface area contributed by atoms with E-state index >= 15 is 0 Å². The highest BCUT2D eigenvalue weighted by Gasteiger charge is 2.23. The molecule has 1 aromatic heterocycles. The van der Waals surface area contributed by atoms with Crippen molar-refractivity contribution >= 4 is 34.9 Å². The lowest BCUT2D eigenvalue weighted by Gasteiger charge is -2.09. The number of anilines is 2. The van der Waals surface area contributed by atoms with Crippen LogP contribution in [-0.4, -0.2) is 21.8 Å². The minimum atomic E-state index is 0.344. The monoisotopic (exact) mass is 258 g/mol. The van der Waals surface area contributed by atoms with Crippen molar-refractivity contribution in [2.45, 2.75) is 37.4 Å². The molecule has 1 aliphatic carbocycles. The summed E-state index contributed by atoms with van der Waals surface area (Å²) in [6.45, 7) is 2.12. The normalized spacial score (nSPS) is 15.1. The van der Waals surface area contributed by atoms with Gasteiger partial charge in [-0.1, -0.05) is 30.3 Å². The third-order valence-electron chi connectivity index (χ3n) is 2.23. The first kappa shape index (κ1) is 11.8. The maximum atomic E-state index is 5.97. The van der Waals surface area contributed by atoms with Crippen LogP contribution in [0.15, 0.2) is 5.16 Å². The molecular formula is C10H15ClN4S. The van der Waals surface area contributed by atoms with Crippen molar-refractivity contribution < 1.29 is 0 Å². The molecule has 0 aliphatic heterocycles. The summed E-state index contributed by atoms with van der Waals surface area (Å²) in [5.74, 6) is 1.67. The van der Waals surface area contributed by atoms with E-state index in [0.717, 1.165) is 12.2 Å². The topological polar surface area (TPSA) is 63.8 Å². The van der Waals surface area contributed by atoms with Crippen molar-refractivity contribution in [1.29, 1.82) is 0 Å². The molecule has 6 heteroatoms. The summed E-state index contributed by atoms with van der Waals surface area (Å²) >= 11 is 7.58. The van der Waals surface area contributed by atoms with Gasteiger partial charge in [-0.2, -0.15) is 0 Å². The summed E-state index contributed by atoms with van der Waals surface area (Å²) in [5, 5.41) is 4.31. The van der Waals surface area contributed by atoms with Gasteiger partial charge in [-0.3, -0.25) is 0 Å². The number of hydrogen-bond donors (Lipinski definition) is 2. The quantitative estimate of drug-likeness (QED) is 0.483. The number of nitrogens with two attached hydrogens (primary N) is 1. The van der Waals surface area contributed by atoms with Crippen LogP contribution in [0.2, 0.25) is 5.15 Å². The van der Waals surface area contributed by atoms with Crippen LogP contribution in [0.1, 0.15) is 26.2 Å². The second kappa shape index (κ2) is 5.10. The van der Waals surface area contributed by atoms with E-state index in [-0.39, 0.29) is 0 Å². The summed E-state index contributed by atoms with van der Waals surface area (Å²) < 4.78 is 0. The Labute approximate surface area is 104 Å². The van der Waals surface area contributed by atoms with Gasteiger partial charge in [0, 0.05) is 11.8 Å². The molecule has 0 amide bonds. The third kappa shape index (κ3) is 2.92. The van der Waals surface area contributed by atoms with Crippen LogP contribution in [-0.2, 0) is 0 Å². The second-order valence-corrected chi connectivity index (χ2v) is 5.25. The molecule has 88 valence electrons. The second-order valence-electron chi connectivity index (χ2n) is 3.83. The minimum absolute atomic E-state index is 0.344. The van der Waals surface area contributed by atoms with Crippen molar-refractivity contribution in [2.75, 3.05) is 16.8 Å². The Morgan fingerprint density at radius 2 is 2.25 bits per heavy atom. The van der Waals surface area contributed by atoms with Gasteiger partial charge in [-0.05, 0) is 19.3 Å². The summed E-state index contributed by atoms with van der Waals surface area (Å²) in [7, 11) is 0. The summed E-state index contributed by atoms with van der Waals surface area (Å²) in [4.78, 5) is 8.53. The largest absolute Gasteiger partial charge is 0.393 e. The summed E-state index contributed by atoms with van der Waals surface area (Å²) in [5.41, 5.74) is 6.28. The number of aromatic nitrogens is 2. The Balaban J connectivity index is 2.16. The average Bonchev–Trinajstić information content (AvgIpc) is 3.06. The number of halogens is 1. The Bertz CT molecular complexity index is 381. The van der Waals surface area contributed by atoms with E-state index in [1.54, 1.807) is 11.8 Å². The highest BCUT2D eigenvalue weighted by atomic mass is 35.5. The Morgan fingerprint density at radius 1 is 1.50 bits per heavy atom. The maximum Gasteiger partial charge on any atom is 0.191 e. The first-order chi connectivity index (χ1) is 7.70. The van der Waals surface area contributed by atoms with Gasteiger partial charge < -0.3 is 11.1 Å². The molecule has 0 saturated heterocycles. The van der Waals surface area contributed by atoms with Crippen LogP contribution in [0, 0.1) is 0 Å². The lowest BCUT2D eigenvalue weighted by atomic mass is 10.4. The van der Waals surface area contributed by atoms with Crippen molar-refractivity contribution in [3.8, 4) is 0 Å². The number of thioether (sulfide) groups is 1. The summed E-state index contributed by atoms with van der Waals surface area (Å²) in [6.07, 6.45) is 3.44. The molecule has 3 N–H and O–H groups in total. The Morgan fingerprint density at radius 3 is 2.88 bits per heavy atom. The molecule has 1 aliphatic rings. The highest BCUT2D eigenvalue weighted by Crippen LogP contribution is 2.31. The minimum Gasteiger partial charge on any atom is -0.393 e. The molecule has 2 rings (SSSR count). The van der Waals surface area contributed by atoms with Gasteiger partial charge in [-0.15, -0.1) is 0 Å². The standard InChI is InChI=1S/C10H15ClN4S/c1-2-5-16-10-14-8(11)7(12)9(15-10)13-6-3-4-6/h6H,2-5,12H2,1H3,(H,13,14,15). The van der Waals surface area contributed by atoms with Crippen LogP contribution >= 0.6 is 23.4 Å². The fourth-order valence-electron chi connectivity index (χ4n) is 1.21. The maximum absolute atomic E-state index is 5.97. The fourth-order valence-corrected chi connectivity index (χ4v) is 2.13. The van der Waals surface area contributed by atoms with Gasteiger partial charge in [0.1, 0.15) is 5.69 Å². The van der Waals surface area contributed by atoms with Gasteiger partial charge in [0.25, 0.3) is 0 Å². The fraction of sp³-hybridized carbons (Fsp3) is 0.600. The molecule has 1 heterocycles. The van der Waals surface area contributed by atoms with Crippen molar-refractivity contribution in [3.05, 3.63) is 5.15 Å². The van der Waals surface area contributed by atoms with Crippen LogP contribution in [0.25, 0.3) is 0 Å². The van der Waals surface area contributed by atoms with E-state index in [4.69, 9.17) is 17.3 Å². The lowest BCUT2D eigenvalue weighted by molar-refractivity contribution is 0.952. The van der Waals surface area contributed by atoms with Crippen molar-refractivity contribution in [3.63, 3.8) is 0 Å². The van der Waals surface area contributed by atoms with Gasteiger partial charge in [0.05, 0.1) is 0 Å². The molecular weight excluding hydrogens is 244 g/mol. The van der Waals surface area contributed by atoms with Gasteiger partial charge >= 0.3 is 0 Å². The summed E-state index contributed by atoms with van der Waals surface area (Å²) in [6, 6.07) is 0.511. The van der Waals surface area contributed by atoms with E-state index in [9.17, 15) is 0 Å². The molecule has 0 atom stereocenters. The lowest BCUT2D eigenvalue weighted by Crippen LogP contribution is -2.08. The van der Waals surface area contributed by atoms with Crippen molar-refractivity contribution in [2.24, 2.45) is 0 Å². The predicted molar refractivity (Wildman–Crippen MR) is 69.1 cm³/mol. The molecule has 0 unspecified atom stereocenters. The van der Waals surface area contributed by atoms with E-state index in [1.807, 2.05) is 0 Å². The van der Waals surface area contributed by atoms with Gasteiger partial charge in [0.15, 0.2) is 16.1 Å². The average molecular weight is 259 g/mol. The number of nitrogens with zero attached hydrogens (tertiary/aromatic N) is 2. The van der Waals surface area contributed by atoms with E-state index in [0.29, 0.717) is 27.9 Å². The number of nitrogens with one attached hydrogen (secondary N) is 1. The highest BCUT2D eigenvalue weighted by molar-refractivity contribution is 7.99. The van der Waals surface area contributed by atoms with Gasteiger partial charge in [-0.25, -0.2) is 9.97 Å². The third-order valence-corrected chi connectivity index (χ3v) is 3.57. The van der Waals surface area contributed by atoms with Gasteiger partial charge in [0.2, 0.25) is 0 Å². The zero-order chi connectivity index (χ0) is 11.5. The van der Waals surface area contributed by atoms with Crippen LogP contribution < -0.4 is 11.1 Å². The SMILES string of the molecule is CCCSc1nc(Cl)c(N)c(NC2CC2)n1. The van der Waals surface area contributed by atoms with E-state index in [1.165, 1.54) is 12.8 Å². The first-order valence-corrected chi connectivity index (χ1v) is 6.79. The van der Waals surface area contributed by atoms with Crippen LogP contribution in [0.4, 0.5) is 11.5 Å². The number of nitrogen functional groups attached to an aromatic ring is 1. The van der Waals surface area contributed by atoms with E-state index in [2.05, 4.69) is 22.2 Å². The molecule has 0 radical (unpaired) electrons. The van der Waals surface area contributed by atoms with Crippen LogP contribution in [0.5, 0.6) is 0 Å². The number of rotatable bonds is 5. The smallest absolute Gasteiger partial charge is 0.191 e. The molecule has 1 aromatic rings. The van der Waals surface area contributed by atoms with Crippen LogP contribution in [0.3, 0.4) is 0 Å². The van der Waals surface area contributed by atoms with E-state index < -0.39 is 0 Å². The van der Waals surface area contributed by atoms with Crippen molar-refractivity contribution in [1.82, 2.24) is 9.97 Å². The Hall–Kier alpha value is -0.680. The molecule has 0 bridgehead atoms. The zero-order valence-electron chi connectivity index (χ0n) is 9.16. The zero-order valence-corrected chi connectivity index (χ0v) is 10.7. The molecule has 1 fully saturated rings. The first-order valence-electron chi connectivity index (χ1n) is 5.43. The molecule has 0 spiro atoms. The molecule has 4 nitrogen and oxygen atoms in total. The number of hydrogen-bond acceptors (Lipinski definition) is 5. The molecule has 1 saturated carbocycles. The molecule has 16 heavy (non-hydrogen) atoms.